The lowest BCUT2D eigenvalue weighted by Crippen LogP contribution is -2.13. The normalized spacial score (nSPS) is 11.5. The molecular weight excluding hydrogens is 260 g/mol. The van der Waals surface area contributed by atoms with Crippen molar-refractivity contribution in [2.75, 3.05) is 18.1 Å². The topological polar surface area (TPSA) is 67.8 Å². The van der Waals surface area contributed by atoms with E-state index in [0.29, 0.717) is 22.9 Å². The number of amidine groups is 1. The molecule has 0 saturated heterocycles. The van der Waals surface area contributed by atoms with Crippen molar-refractivity contribution in [1.82, 2.24) is 0 Å². The monoisotopic (exact) mass is 274 g/mol. The zero-order chi connectivity index (χ0) is 12.7. The molecule has 0 unspecified atom stereocenters. The van der Waals surface area contributed by atoms with Crippen LogP contribution in [0, 0.1) is 0 Å². The predicted octanol–water partition coefficient (Wildman–Crippen LogP) is 2.57. The van der Waals surface area contributed by atoms with E-state index in [0.717, 1.165) is 11.5 Å². The zero-order valence-corrected chi connectivity index (χ0v) is 11.1. The van der Waals surface area contributed by atoms with Gasteiger partial charge < -0.3 is 15.7 Å². The summed E-state index contributed by atoms with van der Waals surface area (Å²) in [5, 5.41) is 11.9. The van der Waals surface area contributed by atoms with Gasteiger partial charge in [-0.2, -0.15) is 11.8 Å². The fourth-order valence-corrected chi connectivity index (χ4v) is 1.91. The van der Waals surface area contributed by atoms with Crippen molar-refractivity contribution in [1.29, 1.82) is 0 Å². The highest BCUT2D eigenvalue weighted by atomic mass is 35.5. The van der Waals surface area contributed by atoms with Crippen LogP contribution in [0.2, 0.25) is 5.02 Å². The number of nitrogens with zero attached hydrogens (tertiary/aromatic N) is 1. The van der Waals surface area contributed by atoms with Gasteiger partial charge in [-0.3, -0.25) is 0 Å². The van der Waals surface area contributed by atoms with Gasteiger partial charge in [-0.15, -0.1) is 0 Å². The number of thioether (sulfide) groups is 1. The first-order valence-electron chi connectivity index (χ1n) is 5.17. The molecule has 0 spiro atoms. The van der Waals surface area contributed by atoms with Gasteiger partial charge in [0.1, 0.15) is 5.75 Å². The quantitative estimate of drug-likeness (QED) is 0.275. The van der Waals surface area contributed by atoms with E-state index in [2.05, 4.69) is 12.1 Å². The molecule has 3 N–H and O–H groups in total. The molecule has 0 radical (unpaired) electrons. The third kappa shape index (κ3) is 4.36. The number of ether oxygens (including phenoxy) is 1. The summed E-state index contributed by atoms with van der Waals surface area (Å²) in [6, 6.07) is 5.02. The molecule has 0 aliphatic carbocycles. The molecule has 1 rings (SSSR count). The Morgan fingerprint density at radius 3 is 2.94 bits per heavy atom. The minimum Gasteiger partial charge on any atom is -0.491 e. The number of hydrogen-bond donors (Lipinski definition) is 2. The van der Waals surface area contributed by atoms with Crippen molar-refractivity contribution < 1.29 is 9.94 Å². The van der Waals surface area contributed by atoms with Gasteiger partial charge in [-0.25, -0.2) is 0 Å². The van der Waals surface area contributed by atoms with E-state index in [1.165, 1.54) is 0 Å². The van der Waals surface area contributed by atoms with E-state index >= 15 is 0 Å². The Labute approximate surface area is 110 Å². The summed E-state index contributed by atoms with van der Waals surface area (Å²) in [6.45, 7) is 2.71. The van der Waals surface area contributed by atoms with Crippen molar-refractivity contribution in [2.24, 2.45) is 10.9 Å². The molecule has 0 amide bonds. The van der Waals surface area contributed by atoms with Crippen LogP contribution in [0.15, 0.2) is 23.4 Å². The van der Waals surface area contributed by atoms with Crippen LogP contribution < -0.4 is 10.5 Å². The van der Waals surface area contributed by atoms with Gasteiger partial charge in [0.15, 0.2) is 5.84 Å². The van der Waals surface area contributed by atoms with Crippen LogP contribution >= 0.6 is 23.4 Å². The summed E-state index contributed by atoms with van der Waals surface area (Å²) >= 11 is 7.82. The molecule has 0 atom stereocenters. The Morgan fingerprint density at radius 1 is 1.59 bits per heavy atom. The molecule has 0 aliphatic rings. The van der Waals surface area contributed by atoms with Crippen LogP contribution in [-0.4, -0.2) is 29.2 Å². The second-order valence-electron chi connectivity index (χ2n) is 3.18. The Bertz CT molecular complexity index is 399. The maximum absolute atomic E-state index is 8.53. The largest absolute Gasteiger partial charge is 0.491 e. The maximum atomic E-state index is 8.53. The molecule has 4 nitrogen and oxygen atoms in total. The zero-order valence-electron chi connectivity index (χ0n) is 9.52. The van der Waals surface area contributed by atoms with Gasteiger partial charge in [0.2, 0.25) is 0 Å². The minimum atomic E-state index is 0.0278. The molecular formula is C11H15ClN2O2S. The van der Waals surface area contributed by atoms with Crippen LogP contribution in [0.4, 0.5) is 0 Å². The standard InChI is InChI=1S/C11H15ClN2O2S/c1-2-17-6-5-16-10-4-3-8(7-9(10)12)11(13)14-15/h3-4,7,15H,2,5-6H2,1H3,(H2,13,14). The van der Waals surface area contributed by atoms with Gasteiger partial charge in [-0.1, -0.05) is 23.7 Å². The third-order valence-electron chi connectivity index (χ3n) is 2.02. The van der Waals surface area contributed by atoms with E-state index in [1.54, 1.807) is 30.0 Å². The molecule has 0 aromatic heterocycles. The lowest BCUT2D eigenvalue weighted by Gasteiger charge is -2.08. The van der Waals surface area contributed by atoms with Crippen LogP contribution in [-0.2, 0) is 0 Å². The van der Waals surface area contributed by atoms with Gasteiger partial charge >= 0.3 is 0 Å². The Balaban J connectivity index is 2.63. The van der Waals surface area contributed by atoms with Gasteiger partial charge in [0.05, 0.1) is 11.6 Å². The van der Waals surface area contributed by atoms with E-state index in [-0.39, 0.29) is 5.84 Å². The Kier molecular flexibility index (Phi) is 6.00. The van der Waals surface area contributed by atoms with Crippen molar-refractivity contribution in [2.45, 2.75) is 6.92 Å². The lowest BCUT2D eigenvalue weighted by atomic mass is 10.2. The van der Waals surface area contributed by atoms with Crippen molar-refractivity contribution in [3.63, 3.8) is 0 Å². The van der Waals surface area contributed by atoms with Crippen molar-refractivity contribution >= 4 is 29.2 Å². The van der Waals surface area contributed by atoms with Gasteiger partial charge in [0, 0.05) is 11.3 Å². The molecule has 1 aromatic rings. The van der Waals surface area contributed by atoms with E-state index in [4.69, 9.17) is 27.3 Å². The SMILES string of the molecule is CCSCCOc1ccc(/C(N)=N/O)cc1Cl. The second kappa shape index (κ2) is 7.29. The summed E-state index contributed by atoms with van der Waals surface area (Å²) < 4.78 is 5.51. The molecule has 0 saturated carbocycles. The highest BCUT2D eigenvalue weighted by Gasteiger charge is 2.05. The Hall–Kier alpha value is -1.07. The van der Waals surface area contributed by atoms with Crippen LogP contribution in [0.3, 0.4) is 0 Å². The summed E-state index contributed by atoms with van der Waals surface area (Å²) in [4.78, 5) is 0. The second-order valence-corrected chi connectivity index (χ2v) is 4.98. The minimum absolute atomic E-state index is 0.0278. The average molecular weight is 275 g/mol. The number of benzene rings is 1. The first kappa shape index (κ1) is 14.0. The first-order valence-corrected chi connectivity index (χ1v) is 6.70. The van der Waals surface area contributed by atoms with Crippen LogP contribution in [0.25, 0.3) is 0 Å². The van der Waals surface area contributed by atoms with Crippen molar-refractivity contribution in [3.05, 3.63) is 28.8 Å². The number of hydrogen-bond acceptors (Lipinski definition) is 4. The lowest BCUT2D eigenvalue weighted by molar-refractivity contribution is 0.318. The fourth-order valence-electron chi connectivity index (χ4n) is 1.19. The molecule has 94 valence electrons. The van der Waals surface area contributed by atoms with E-state index < -0.39 is 0 Å². The fraction of sp³-hybridized carbons (Fsp3) is 0.364. The molecule has 0 aliphatic heterocycles. The smallest absolute Gasteiger partial charge is 0.170 e. The summed E-state index contributed by atoms with van der Waals surface area (Å²) in [5.41, 5.74) is 6.01. The summed E-state index contributed by atoms with van der Waals surface area (Å²) in [7, 11) is 0. The predicted molar refractivity (Wildman–Crippen MR) is 72.5 cm³/mol. The van der Waals surface area contributed by atoms with Crippen LogP contribution in [0.5, 0.6) is 5.75 Å². The molecule has 1 aromatic carbocycles. The molecule has 0 heterocycles. The Morgan fingerprint density at radius 2 is 2.35 bits per heavy atom. The van der Waals surface area contributed by atoms with E-state index in [1.807, 2.05) is 0 Å². The molecule has 17 heavy (non-hydrogen) atoms. The number of rotatable bonds is 6. The van der Waals surface area contributed by atoms with Crippen molar-refractivity contribution in [3.8, 4) is 5.75 Å². The first-order chi connectivity index (χ1) is 8.19. The highest BCUT2D eigenvalue weighted by molar-refractivity contribution is 7.99. The third-order valence-corrected chi connectivity index (χ3v) is 3.18. The molecule has 0 fully saturated rings. The maximum Gasteiger partial charge on any atom is 0.170 e. The van der Waals surface area contributed by atoms with Crippen LogP contribution in [0.1, 0.15) is 12.5 Å². The summed E-state index contributed by atoms with van der Waals surface area (Å²) in [6.07, 6.45) is 0. The molecule has 6 heteroatoms. The highest BCUT2D eigenvalue weighted by Crippen LogP contribution is 2.25. The number of nitrogens with two attached hydrogens (primary N) is 1. The van der Waals surface area contributed by atoms with E-state index in [9.17, 15) is 0 Å². The molecule has 0 bridgehead atoms. The summed E-state index contributed by atoms with van der Waals surface area (Å²) in [5.74, 6) is 2.63. The number of oxime groups is 1. The van der Waals surface area contributed by atoms with Gasteiger partial charge in [0.25, 0.3) is 0 Å². The van der Waals surface area contributed by atoms with Gasteiger partial charge in [-0.05, 0) is 24.0 Å². The average Bonchev–Trinajstić information content (AvgIpc) is 2.35. The number of halogens is 1.